The summed E-state index contributed by atoms with van der Waals surface area (Å²) in [6.07, 6.45) is 2.82. The van der Waals surface area contributed by atoms with E-state index in [1.54, 1.807) is 12.3 Å². The Labute approximate surface area is 107 Å². The molecule has 4 nitrogen and oxygen atoms in total. The van der Waals surface area contributed by atoms with E-state index in [1.165, 1.54) is 6.20 Å². The number of halogens is 1. The summed E-state index contributed by atoms with van der Waals surface area (Å²) in [5.74, 6) is -0.312. The van der Waals surface area contributed by atoms with Crippen molar-refractivity contribution in [1.82, 2.24) is 9.88 Å². The van der Waals surface area contributed by atoms with Crippen molar-refractivity contribution in [2.75, 3.05) is 38.2 Å². The Morgan fingerprint density at radius 2 is 2.17 bits per heavy atom. The zero-order valence-corrected chi connectivity index (χ0v) is 10.9. The molecule has 0 radical (unpaired) electrons. The smallest absolute Gasteiger partial charge is 0.164 e. The van der Waals surface area contributed by atoms with Gasteiger partial charge in [-0.15, -0.1) is 0 Å². The van der Waals surface area contributed by atoms with E-state index < -0.39 is 0 Å². The molecule has 2 heterocycles. The minimum absolute atomic E-state index is 0.195. The van der Waals surface area contributed by atoms with Crippen LogP contribution in [0.4, 0.5) is 10.1 Å². The van der Waals surface area contributed by atoms with Crippen LogP contribution < -0.4 is 5.32 Å². The first-order valence-electron chi connectivity index (χ1n) is 6.25. The number of morpholine rings is 1. The Bertz CT molecular complexity index is 392. The number of nitrogens with zero attached hydrogens (tertiary/aromatic N) is 2. The van der Waals surface area contributed by atoms with Gasteiger partial charge in [-0.05, 0) is 19.9 Å². The van der Waals surface area contributed by atoms with Crippen LogP contribution in [0.15, 0.2) is 18.5 Å². The minimum Gasteiger partial charge on any atom is -0.379 e. The first-order valence-corrected chi connectivity index (χ1v) is 6.25. The van der Waals surface area contributed by atoms with Gasteiger partial charge in [0.25, 0.3) is 0 Å². The highest BCUT2D eigenvalue weighted by atomic mass is 19.1. The number of nitrogens with one attached hydrogen (secondary N) is 1. The number of hydrogen-bond acceptors (Lipinski definition) is 4. The van der Waals surface area contributed by atoms with E-state index in [9.17, 15) is 4.39 Å². The minimum atomic E-state index is -0.312. The number of ether oxygens (including phenoxy) is 1. The lowest BCUT2D eigenvalue weighted by atomic mass is 10.0. The van der Waals surface area contributed by atoms with Crippen LogP contribution in [0, 0.1) is 5.82 Å². The van der Waals surface area contributed by atoms with E-state index in [0.29, 0.717) is 5.69 Å². The number of aromatic nitrogens is 1. The molecule has 0 saturated carbocycles. The molecular weight excluding hydrogens is 233 g/mol. The normalized spacial score (nSPS) is 17.7. The van der Waals surface area contributed by atoms with Gasteiger partial charge in [-0.25, -0.2) is 4.39 Å². The van der Waals surface area contributed by atoms with Gasteiger partial charge in [-0.3, -0.25) is 9.88 Å². The lowest BCUT2D eigenvalue weighted by Crippen LogP contribution is -2.48. The van der Waals surface area contributed by atoms with Crippen molar-refractivity contribution in [3.05, 3.63) is 24.3 Å². The predicted molar refractivity (Wildman–Crippen MR) is 69.2 cm³/mol. The van der Waals surface area contributed by atoms with Gasteiger partial charge in [0, 0.05) is 31.4 Å². The Hall–Kier alpha value is -1.20. The van der Waals surface area contributed by atoms with Crippen LogP contribution in [0.3, 0.4) is 0 Å². The first kappa shape index (κ1) is 13.2. The predicted octanol–water partition coefficient (Wildman–Crippen LogP) is 1.74. The van der Waals surface area contributed by atoms with Crippen LogP contribution in [-0.2, 0) is 4.74 Å². The zero-order valence-electron chi connectivity index (χ0n) is 10.9. The Morgan fingerprint density at radius 3 is 2.83 bits per heavy atom. The highest BCUT2D eigenvalue weighted by Crippen LogP contribution is 2.18. The second-order valence-corrected chi connectivity index (χ2v) is 5.25. The summed E-state index contributed by atoms with van der Waals surface area (Å²) >= 11 is 0. The molecule has 2 rings (SSSR count). The maximum absolute atomic E-state index is 13.5. The molecule has 1 fully saturated rings. The zero-order chi connectivity index (χ0) is 13.0. The maximum atomic E-state index is 13.5. The molecule has 1 aliphatic heterocycles. The molecule has 0 bridgehead atoms. The summed E-state index contributed by atoms with van der Waals surface area (Å²) < 4.78 is 18.9. The first-order chi connectivity index (χ1) is 8.57. The van der Waals surface area contributed by atoms with Gasteiger partial charge in [0.05, 0.1) is 25.1 Å². The third-order valence-electron chi connectivity index (χ3n) is 2.97. The average molecular weight is 253 g/mol. The fraction of sp³-hybridized carbons (Fsp3) is 0.615. The van der Waals surface area contributed by atoms with Crippen LogP contribution in [0.1, 0.15) is 13.8 Å². The average Bonchev–Trinajstić information content (AvgIpc) is 2.32. The molecule has 0 amide bonds. The molecule has 1 N–H and O–H groups in total. The monoisotopic (exact) mass is 253 g/mol. The largest absolute Gasteiger partial charge is 0.379 e. The van der Waals surface area contributed by atoms with Crippen molar-refractivity contribution in [2.45, 2.75) is 19.4 Å². The van der Waals surface area contributed by atoms with E-state index in [2.05, 4.69) is 29.0 Å². The topological polar surface area (TPSA) is 37.4 Å². The number of pyridine rings is 1. The van der Waals surface area contributed by atoms with E-state index in [1.807, 2.05) is 0 Å². The molecule has 100 valence electrons. The second kappa shape index (κ2) is 5.63. The van der Waals surface area contributed by atoms with E-state index in [4.69, 9.17) is 4.74 Å². The number of hydrogen-bond donors (Lipinski definition) is 1. The molecule has 5 heteroatoms. The van der Waals surface area contributed by atoms with Crippen molar-refractivity contribution >= 4 is 5.69 Å². The fourth-order valence-electron chi connectivity index (χ4n) is 2.20. The second-order valence-electron chi connectivity index (χ2n) is 5.25. The van der Waals surface area contributed by atoms with Crippen molar-refractivity contribution in [3.8, 4) is 0 Å². The molecule has 0 atom stereocenters. The maximum Gasteiger partial charge on any atom is 0.164 e. The Morgan fingerprint density at radius 1 is 1.44 bits per heavy atom. The number of anilines is 1. The molecule has 0 aliphatic carbocycles. The lowest BCUT2D eigenvalue weighted by Gasteiger charge is -2.36. The lowest BCUT2D eigenvalue weighted by molar-refractivity contribution is 0.0317. The summed E-state index contributed by atoms with van der Waals surface area (Å²) in [7, 11) is 0. The van der Waals surface area contributed by atoms with Crippen LogP contribution in [0.25, 0.3) is 0 Å². The summed E-state index contributed by atoms with van der Waals surface area (Å²) in [4.78, 5) is 6.08. The quantitative estimate of drug-likeness (QED) is 0.887. The van der Waals surface area contributed by atoms with Crippen LogP contribution >= 0.6 is 0 Å². The van der Waals surface area contributed by atoms with E-state index >= 15 is 0 Å². The van der Waals surface area contributed by atoms with Gasteiger partial charge < -0.3 is 10.1 Å². The van der Waals surface area contributed by atoms with Crippen LogP contribution in [0.2, 0.25) is 0 Å². The van der Waals surface area contributed by atoms with Crippen LogP contribution in [0.5, 0.6) is 0 Å². The molecule has 1 saturated heterocycles. The summed E-state index contributed by atoms with van der Waals surface area (Å²) in [6, 6.07) is 1.66. The van der Waals surface area contributed by atoms with Crippen molar-refractivity contribution in [1.29, 1.82) is 0 Å². The Kier molecular flexibility index (Phi) is 4.14. The van der Waals surface area contributed by atoms with Gasteiger partial charge in [0.2, 0.25) is 0 Å². The SMILES string of the molecule is CC(C)(CN1CCOCC1)Nc1ccncc1F. The molecule has 1 aliphatic rings. The highest BCUT2D eigenvalue weighted by Gasteiger charge is 2.23. The number of rotatable bonds is 4. The molecule has 18 heavy (non-hydrogen) atoms. The van der Waals surface area contributed by atoms with Gasteiger partial charge in [-0.1, -0.05) is 0 Å². The fourth-order valence-corrected chi connectivity index (χ4v) is 2.20. The molecule has 1 aromatic rings. The standard InChI is InChI=1S/C13H20FN3O/c1-13(2,10-17-5-7-18-8-6-17)16-12-3-4-15-9-11(12)14/h3-4,9H,5-8,10H2,1-2H3,(H,15,16). The van der Waals surface area contributed by atoms with E-state index in [0.717, 1.165) is 32.8 Å². The van der Waals surface area contributed by atoms with Crippen LogP contribution in [-0.4, -0.2) is 48.3 Å². The third kappa shape index (κ3) is 3.65. The summed E-state index contributed by atoms with van der Waals surface area (Å²) in [5.41, 5.74) is 0.308. The van der Waals surface area contributed by atoms with Gasteiger partial charge in [-0.2, -0.15) is 0 Å². The molecular formula is C13H20FN3O. The summed E-state index contributed by atoms with van der Waals surface area (Å²) in [5, 5.41) is 3.24. The Balaban J connectivity index is 1.96. The molecule has 0 unspecified atom stereocenters. The summed E-state index contributed by atoms with van der Waals surface area (Å²) in [6.45, 7) is 8.43. The molecule has 0 spiro atoms. The molecule has 0 aromatic carbocycles. The van der Waals surface area contributed by atoms with Gasteiger partial charge in [0.15, 0.2) is 5.82 Å². The van der Waals surface area contributed by atoms with E-state index in [-0.39, 0.29) is 11.4 Å². The van der Waals surface area contributed by atoms with Crippen molar-refractivity contribution in [3.63, 3.8) is 0 Å². The van der Waals surface area contributed by atoms with Gasteiger partial charge >= 0.3 is 0 Å². The van der Waals surface area contributed by atoms with Crippen molar-refractivity contribution in [2.24, 2.45) is 0 Å². The molecule has 1 aromatic heterocycles. The third-order valence-corrected chi connectivity index (χ3v) is 2.97. The van der Waals surface area contributed by atoms with Crippen molar-refractivity contribution < 1.29 is 9.13 Å². The highest BCUT2D eigenvalue weighted by molar-refractivity contribution is 5.45. The van der Waals surface area contributed by atoms with Gasteiger partial charge in [0.1, 0.15) is 0 Å².